The molecule has 0 bridgehead atoms. The Hall–Kier alpha value is -1.76. The molecule has 1 N–H and O–H groups in total. The van der Waals surface area contributed by atoms with E-state index in [1.807, 2.05) is 0 Å². The van der Waals surface area contributed by atoms with E-state index in [0.717, 1.165) is 5.56 Å². The molecular weight excluding hydrogens is 298 g/mol. The number of nitriles is 1. The third kappa shape index (κ3) is 3.22. The minimum Gasteiger partial charge on any atom is -0.366 e. The Balaban J connectivity index is 2.37. The van der Waals surface area contributed by atoms with E-state index < -0.39 is 6.04 Å². The summed E-state index contributed by atoms with van der Waals surface area (Å²) in [5.41, 5.74) is 1.75. The second kappa shape index (κ2) is 6.13. The van der Waals surface area contributed by atoms with Gasteiger partial charge in [0.2, 0.25) is 0 Å². The van der Waals surface area contributed by atoms with Gasteiger partial charge in [-0.2, -0.15) is 5.26 Å². The summed E-state index contributed by atoms with van der Waals surface area (Å²) in [6.45, 7) is 1.78. The molecule has 0 amide bonds. The standard InChI is InChI=1S/C15H11Cl2FN2/c1-9-5-10(18)7-11(6-9)20-14(8-19)15-12(16)3-2-4-13(15)17/h2-7,14,20H,1H3. The highest BCUT2D eigenvalue weighted by Crippen LogP contribution is 2.32. The summed E-state index contributed by atoms with van der Waals surface area (Å²) in [6.07, 6.45) is 0. The third-order valence-electron chi connectivity index (χ3n) is 2.77. The summed E-state index contributed by atoms with van der Waals surface area (Å²) >= 11 is 12.2. The van der Waals surface area contributed by atoms with Crippen LogP contribution in [-0.2, 0) is 0 Å². The van der Waals surface area contributed by atoms with Gasteiger partial charge in [0.25, 0.3) is 0 Å². The van der Waals surface area contributed by atoms with Crippen molar-refractivity contribution >= 4 is 28.9 Å². The largest absolute Gasteiger partial charge is 0.366 e. The number of rotatable bonds is 3. The Labute approximate surface area is 126 Å². The first kappa shape index (κ1) is 14.6. The van der Waals surface area contributed by atoms with Gasteiger partial charge in [0.05, 0.1) is 6.07 Å². The van der Waals surface area contributed by atoms with Gasteiger partial charge < -0.3 is 5.32 Å². The maximum Gasteiger partial charge on any atom is 0.143 e. The SMILES string of the molecule is Cc1cc(F)cc(NC(C#N)c2c(Cl)cccc2Cl)c1. The summed E-state index contributed by atoms with van der Waals surface area (Å²) in [5.74, 6) is -0.366. The summed E-state index contributed by atoms with van der Waals surface area (Å²) < 4.78 is 13.4. The van der Waals surface area contributed by atoms with E-state index in [-0.39, 0.29) is 5.82 Å². The van der Waals surface area contributed by atoms with E-state index >= 15 is 0 Å². The average Bonchev–Trinajstić information content (AvgIpc) is 2.36. The van der Waals surface area contributed by atoms with Gasteiger partial charge in [-0.1, -0.05) is 29.3 Å². The molecule has 0 heterocycles. The van der Waals surface area contributed by atoms with Crippen LogP contribution in [0.1, 0.15) is 17.2 Å². The minimum atomic E-state index is -0.752. The number of hydrogen-bond donors (Lipinski definition) is 1. The Morgan fingerprint density at radius 2 is 1.85 bits per heavy atom. The topological polar surface area (TPSA) is 35.8 Å². The van der Waals surface area contributed by atoms with E-state index in [1.165, 1.54) is 12.1 Å². The summed E-state index contributed by atoms with van der Waals surface area (Å²) in [6, 6.07) is 10.8. The van der Waals surface area contributed by atoms with Crippen molar-refractivity contribution < 1.29 is 4.39 Å². The molecular formula is C15H11Cl2FN2. The molecule has 0 spiro atoms. The van der Waals surface area contributed by atoms with Crippen LogP contribution in [0.5, 0.6) is 0 Å². The molecule has 0 aliphatic rings. The molecule has 20 heavy (non-hydrogen) atoms. The van der Waals surface area contributed by atoms with Crippen molar-refractivity contribution in [3.8, 4) is 6.07 Å². The first-order valence-electron chi connectivity index (χ1n) is 5.88. The molecule has 0 aliphatic heterocycles. The van der Waals surface area contributed by atoms with E-state index in [2.05, 4.69) is 11.4 Å². The molecule has 0 radical (unpaired) electrons. The molecule has 2 nitrogen and oxygen atoms in total. The van der Waals surface area contributed by atoms with Gasteiger partial charge in [0.1, 0.15) is 11.9 Å². The van der Waals surface area contributed by atoms with Gasteiger partial charge in [-0.05, 0) is 42.8 Å². The summed E-state index contributed by atoms with van der Waals surface area (Å²) in [7, 11) is 0. The van der Waals surface area contributed by atoms with Gasteiger partial charge in [0.15, 0.2) is 0 Å². The van der Waals surface area contributed by atoms with Crippen LogP contribution in [0, 0.1) is 24.1 Å². The van der Waals surface area contributed by atoms with Crippen LogP contribution in [-0.4, -0.2) is 0 Å². The molecule has 0 aliphatic carbocycles. The van der Waals surface area contributed by atoms with E-state index in [0.29, 0.717) is 21.3 Å². The Bertz CT molecular complexity index is 640. The number of hydrogen-bond acceptors (Lipinski definition) is 2. The zero-order chi connectivity index (χ0) is 14.7. The number of benzene rings is 2. The monoisotopic (exact) mass is 308 g/mol. The van der Waals surface area contributed by atoms with Crippen LogP contribution < -0.4 is 5.32 Å². The maximum atomic E-state index is 13.4. The number of aryl methyl sites for hydroxylation is 1. The number of nitrogens with zero attached hydrogens (tertiary/aromatic N) is 1. The van der Waals surface area contributed by atoms with Crippen molar-refractivity contribution in [2.45, 2.75) is 13.0 Å². The number of nitrogens with one attached hydrogen (secondary N) is 1. The van der Waals surface area contributed by atoms with E-state index in [4.69, 9.17) is 23.2 Å². The van der Waals surface area contributed by atoms with Crippen LogP contribution >= 0.6 is 23.2 Å². The first-order valence-corrected chi connectivity index (χ1v) is 6.64. The molecule has 0 fully saturated rings. The maximum absolute atomic E-state index is 13.4. The highest BCUT2D eigenvalue weighted by molar-refractivity contribution is 6.36. The molecule has 0 saturated heterocycles. The predicted molar refractivity (Wildman–Crippen MR) is 79.6 cm³/mol. The van der Waals surface area contributed by atoms with E-state index in [1.54, 1.807) is 31.2 Å². The summed E-state index contributed by atoms with van der Waals surface area (Å²) in [4.78, 5) is 0. The van der Waals surface area contributed by atoms with Crippen LogP contribution in [0.25, 0.3) is 0 Å². The molecule has 5 heteroatoms. The lowest BCUT2D eigenvalue weighted by Gasteiger charge is -2.16. The average molecular weight is 309 g/mol. The highest BCUT2D eigenvalue weighted by Gasteiger charge is 2.17. The van der Waals surface area contributed by atoms with Crippen molar-refractivity contribution in [1.82, 2.24) is 0 Å². The predicted octanol–water partition coefficient (Wildman–Crippen LogP) is 5.12. The fourth-order valence-corrected chi connectivity index (χ4v) is 2.56. The van der Waals surface area contributed by atoms with Gasteiger partial charge in [-0.3, -0.25) is 0 Å². The Morgan fingerprint density at radius 1 is 1.20 bits per heavy atom. The minimum absolute atomic E-state index is 0.366. The van der Waals surface area contributed by atoms with Crippen LogP contribution in [0.4, 0.5) is 10.1 Å². The fraction of sp³-hybridized carbons (Fsp3) is 0.133. The first-order chi connectivity index (χ1) is 9.51. The molecule has 0 saturated carbocycles. The molecule has 0 aromatic heterocycles. The quantitative estimate of drug-likeness (QED) is 0.854. The van der Waals surface area contributed by atoms with Crippen molar-refractivity contribution in [3.05, 3.63) is 63.4 Å². The molecule has 102 valence electrons. The zero-order valence-corrected chi connectivity index (χ0v) is 12.1. The smallest absolute Gasteiger partial charge is 0.143 e. The highest BCUT2D eigenvalue weighted by atomic mass is 35.5. The molecule has 2 aromatic rings. The van der Waals surface area contributed by atoms with Crippen LogP contribution in [0.2, 0.25) is 10.0 Å². The van der Waals surface area contributed by atoms with Gasteiger partial charge in [-0.25, -0.2) is 4.39 Å². The van der Waals surface area contributed by atoms with Crippen LogP contribution in [0.3, 0.4) is 0 Å². The molecule has 1 atom stereocenters. The van der Waals surface area contributed by atoms with E-state index in [9.17, 15) is 9.65 Å². The molecule has 1 unspecified atom stereocenters. The van der Waals surface area contributed by atoms with Crippen molar-refractivity contribution in [2.75, 3.05) is 5.32 Å². The number of anilines is 1. The third-order valence-corrected chi connectivity index (χ3v) is 3.43. The fourth-order valence-electron chi connectivity index (χ4n) is 1.94. The van der Waals surface area contributed by atoms with Crippen LogP contribution in [0.15, 0.2) is 36.4 Å². The molecule has 2 aromatic carbocycles. The Morgan fingerprint density at radius 3 is 2.40 bits per heavy atom. The normalized spacial score (nSPS) is 11.8. The van der Waals surface area contributed by atoms with Gasteiger partial charge in [-0.15, -0.1) is 0 Å². The van der Waals surface area contributed by atoms with Crippen molar-refractivity contribution in [1.29, 1.82) is 5.26 Å². The van der Waals surface area contributed by atoms with Gasteiger partial charge in [0, 0.05) is 21.3 Å². The van der Waals surface area contributed by atoms with Gasteiger partial charge >= 0.3 is 0 Å². The second-order valence-electron chi connectivity index (χ2n) is 4.36. The van der Waals surface area contributed by atoms with Crippen molar-refractivity contribution in [2.24, 2.45) is 0 Å². The lowest BCUT2D eigenvalue weighted by Crippen LogP contribution is -2.10. The molecule has 2 rings (SSSR count). The second-order valence-corrected chi connectivity index (χ2v) is 5.17. The Kier molecular flexibility index (Phi) is 4.49. The number of halogens is 3. The lowest BCUT2D eigenvalue weighted by atomic mass is 10.1. The van der Waals surface area contributed by atoms with Crippen molar-refractivity contribution in [3.63, 3.8) is 0 Å². The summed E-state index contributed by atoms with van der Waals surface area (Å²) in [5, 5.41) is 13.0. The zero-order valence-electron chi connectivity index (χ0n) is 10.6. The lowest BCUT2D eigenvalue weighted by molar-refractivity contribution is 0.627.